The highest BCUT2D eigenvalue weighted by atomic mass is 15.1. The third kappa shape index (κ3) is 2.44. The summed E-state index contributed by atoms with van der Waals surface area (Å²) in [5, 5.41) is 3.45. The third-order valence-corrected chi connectivity index (χ3v) is 5.45. The maximum Gasteiger partial charge on any atom is 0.146 e. The Bertz CT molecular complexity index is 1500. The number of pyridine rings is 1. The number of para-hydroxylation sites is 3. The molecule has 3 nitrogen and oxygen atoms in total. The Morgan fingerprint density at radius 1 is 0.621 bits per heavy atom. The van der Waals surface area contributed by atoms with Crippen LogP contribution in [0.4, 0.5) is 0 Å². The van der Waals surface area contributed by atoms with Gasteiger partial charge in [-0.15, -0.1) is 0 Å². The molecule has 6 aromatic rings. The molecule has 0 fully saturated rings. The van der Waals surface area contributed by atoms with Gasteiger partial charge in [0.1, 0.15) is 5.82 Å². The van der Waals surface area contributed by atoms with Gasteiger partial charge in [0.05, 0.1) is 16.6 Å². The predicted octanol–water partition coefficient (Wildman–Crippen LogP) is 6.39. The molecule has 2 aromatic heterocycles. The Balaban J connectivity index is 1.73. The van der Waals surface area contributed by atoms with E-state index in [0.717, 1.165) is 49.8 Å². The summed E-state index contributed by atoms with van der Waals surface area (Å²) in [5.74, 6) is 0.943. The predicted molar refractivity (Wildman–Crippen MR) is 119 cm³/mol. The van der Waals surface area contributed by atoms with Crippen molar-refractivity contribution >= 4 is 32.7 Å². The van der Waals surface area contributed by atoms with Gasteiger partial charge in [-0.2, -0.15) is 0 Å². The molecule has 136 valence electrons. The normalized spacial score (nSPS) is 11.4. The molecule has 0 radical (unpaired) electrons. The smallest absolute Gasteiger partial charge is 0.146 e. The van der Waals surface area contributed by atoms with Gasteiger partial charge in [-0.25, -0.2) is 4.98 Å². The van der Waals surface area contributed by atoms with Crippen molar-refractivity contribution in [2.24, 2.45) is 0 Å². The second-order valence-corrected chi connectivity index (χ2v) is 7.14. The van der Waals surface area contributed by atoms with E-state index in [2.05, 4.69) is 88.4 Å². The number of benzene rings is 4. The molecular formula is C26H17N3. The Morgan fingerprint density at radius 3 is 2.41 bits per heavy atom. The average Bonchev–Trinajstić information content (AvgIpc) is 3.18. The molecule has 0 aliphatic heterocycles. The van der Waals surface area contributed by atoms with Gasteiger partial charge in [0, 0.05) is 28.2 Å². The molecule has 0 atom stereocenters. The van der Waals surface area contributed by atoms with E-state index in [9.17, 15) is 0 Å². The van der Waals surface area contributed by atoms with E-state index in [4.69, 9.17) is 4.98 Å². The van der Waals surface area contributed by atoms with E-state index >= 15 is 0 Å². The summed E-state index contributed by atoms with van der Waals surface area (Å²) in [4.78, 5) is 9.67. The van der Waals surface area contributed by atoms with Gasteiger partial charge in [-0.05, 0) is 35.7 Å². The zero-order chi connectivity index (χ0) is 19.2. The molecule has 3 heteroatoms. The van der Waals surface area contributed by atoms with E-state index in [1.807, 2.05) is 24.4 Å². The van der Waals surface area contributed by atoms with Crippen molar-refractivity contribution in [3.8, 4) is 17.1 Å². The standard InChI is InChI=1S/C26H17N3/c1-2-9-19(10-3-1)29-24-14-5-4-13-23(24)28-26(29)22-12-6-11-21-20(22)16-15-18-8-7-17-27-25(18)21/h1-17H. The first-order valence-corrected chi connectivity index (χ1v) is 9.70. The summed E-state index contributed by atoms with van der Waals surface area (Å²) in [7, 11) is 0. The molecule has 0 amide bonds. The van der Waals surface area contributed by atoms with Crippen LogP contribution >= 0.6 is 0 Å². The lowest BCUT2D eigenvalue weighted by Gasteiger charge is -2.12. The van der Waals surface area contributed by atoms with Crippen LogP contribution in [0.25, 0.3) is 49.8 Å². The highest BCUT2D eigenvalue weighted by Gasteiger charge is 2.16. The van der Waals surface area contributed by atoms with Gasteiger partial charge in [0.25, 0.3) is 0 Å². The Labute approximate surface area is 167 Å². The average molecular weight is 371 g/mol. The summed E-state index contributed by atoms with van der Waals surface area (Å²) in [5.41, 5.74) is 5.32. The van der Waals surface area contributed by atoms with Crippen LogP contribution in [0.2, 0.25) is 0 Å². The molecule has 0 saturated heterocycles. The SMILES string of the molecule is c1ccc(-n2c(-c3cccc4c3ccc3cccnc34)nc3ccccc32)cc1. The molecule has 0 spiro atoms. The minimum Gasteiger partial charge on any atom is -0.292 e. The fourth-order valence-corrected chi connectivity index (χ4v) is 4.14. The lowest BCUT2D eigenvalue weighted by molar-refractivity contribution is 1.11. The Kier molecular flexibility index (Phi) is 3.47. The van der Waals surface area contributed by atoms with Crippen molar-refractivity contribution in [3.63, 3.8) is 0 Å². The summed E-state index contributed by atoms with van der Waals surface area (Å²) < 4.78 is 2.24. The van der Waals surface area contributed by atoms with Crippen molar-refractivity contribution in [3.05, 3.63) is 103 Å². The highest BCUT2D eigenvalue weighted by Crippen LogP contribution is 2.35. The highest BCUT2D eigenvalue weighted by molar-refractivity contribution is 6.10. The topological polar surface area (TPSA) is 30.7 Å². The first-order chi connectivity index (χ1) is 14.4. The molecule has 0 saturated carbocycles. The minimum atomic E-state index is 0.943. The summed E-state index contributed by atoms with van der Waals surface area (Å²) in [6, 6.07) is 33.5. The number of aromatic nitrogens is 3. The van der Waals surface area contributed by atoms with Crippen LogP contribution in [-0.2, 0) is 0 Å². The van der Waals surface area contributed by atoms with Crippen LogP contribution < -0.4 is 0 Å². The fourth-order valence-electron chi connectivity index (χ4n) is 4.14. The largest absolute Gasteiger partial charge is 0.292 e. The lowest BCUT2D eigenvalue weighted by atomic mass is 10.0. The summed E-state index contributed by atoms with van der Waals surface area (Å²) in [6.45, 7) is 0. The lowest BCUT2D eigenvalue weighted by Crippen LogP contribution is -1.98. The van der Waals surface area contributed by atoms with Crippen molar-refractivity contribution in [1.29, 1.82) is 0 Å². The van der Waals surface area contributed by atoms with Crippen LogP contribution in [-0.4, -0.2) is 14.5 Å². The number of nitrogens with zero attached hydrogens (tertiary/aromatic N) is 3. The van der Waals surface area contributed by atoms with Gasteiger partial charge in [0.15, 0.2) is 0 Å². The van der Waals surface area contributed by atoms with Crippen molar-refractivity contribution in [1.82, 2.24) is 14.5 Å². The van der Waals surface area contributed by atoms with E-state index in [0.29, 0.717) is 0 Å². The van der Waals surface area contributed by atoms with E-state index in [1.165, 1.54) is 0 Å². The number of hydrogen-bond acceptors (Lipinski definition) is 2. The maximum atomic E-state index is 5.03. The van der Waals surface area contributed by atoms with Crippen LogP contribution in [0.3, 0.4) is 0 Å². The molecule has 0 aliphatic carbocycles. The van der Waals surface area contributed by atoms with Gasteiger partial charge < -0.3 is 0 Å². The summed E-state index contributed by atoms with van der Waals surface area (Å²) >= 11 is 0. The number of fused-ring (bicyclic) bond motifs is 4. The van der Waals surface area contributed by atoms with E-state index in [1.54, 1.807) is 0 Å². The Hall–Kier alpha value is -3.98. The second kappa shape index (κ2) is 6.28. The minimum absolute atomic E-state index is 0.943. The zero-order valence-corrected chi connectivity index (χ0v) is 15.7. The molecule has 4 aromatic carbocycles. The van der Waals surface area contributed by atoms with Gasteiger partial charge in [-0.1, -0.05) is 66.7 Å². The molecule has 0 bridgehead atoms. The molecule has 0 N–H and O–H groups in total. The first-order valence-electron chi connectivity index (χ1n) is 9.70. The van der Waals surface area contributed by atoms with Crippen LogP contribution in [0.15, 0.2) is 103 Å². The molecule has 2 heterocycles. The third-order valence-electron chi connectivity index (χ3n) is 5.45. The number of rotatable bonds is 2. The van der Waals surface area contributed by atoms with Crippen molar-refractivity contribution in [2.75, 3.05) is 0 Å². The second-order valence-electron chi connectivity index (χ2n) is 7.14. The molecule has 29 heavy (non-hydrogen) atoms. The monoisotopic (exact) mass is 371 g/mol. The molecule has 0 unspecified atom stereocenters. The van der Waals surface area contributed by atoms with E-state index < -0.39 is 0 Å². The van der Waals surface area contributed by atoms with Gasteiger partial charge in [-0.3, -0.25) is 9.55 Å². The van der Waals surface area contributed by atoms with Gasteiger partial charge in [0.2, 0.25) is 0 Å². The van der Waals surface area contributed by atoms with Crippen molar-refractivity contribution < 1.29 is 0 Å². The first kappa shape index (κ1) is 16.0. The van der Waals surface area contributed by atoms with Crippen LogP contribution in [0.1, 0.15) is 0 Å². The van der Waals surface area contributed by atoms with Crippen LogP contribution in [0, 0.1) is 0 Å². The molecule has 6 rings (SSSR count). The number of hydrogen-bond donors (Lipinski definition) is 0. The van der Waals surface area contributed by atoms with Crippen molar-refractivity contribution in [2.45, 2.75) is 0 Å². The fraction of sp³-hybridized carbons (Fsp3) is 0. The zero-order valence-electron chi connectivity index (χ0n) is 15.7. The Morgan fingerprint density at radius 2 is 1.48 bits per heavy atom. The summed E-state index contributed by atoms with van der Waals surface area (Å²) in [6.07, 6.45) is 1.85. The van der Waals surface area contributed by atoms with Gasteiger partial charge >= 0.3 is 0 Å². The van der Waals surface area contributed by atoms with Crippen LogP contribution in [0.5, 0.6) is 0 Å². The molecular weight excluding hydrogens is 354 g/mol. The quantitative estimate of drug-likeness (QED) is 0.330. The number of imidazole rings is 1. The maximum absolute atomic E-state index is 5.03. The molecule has 0 aliphatic rings. The van der Waals surface area contributed by atoms with E-state index in [-0.39, 0.29) is 0 Å².